The number of thiocarbonyl (C=S) groups is 1. The average Bonchev–Trinajstić information content (AvgIpc) is 2.29. The molecule has 0 saturated carbocycles. The highest BCUT2D eigenvalue weighted by Gasteiger charge is 2.03. The summed E-state index contributed by atoms with van der Waals surface area (Å²) in [7, 11) is 0. The van der Waals surface area contributed by atoms with Gasteiger partial charge in [-0.2, -0.15) is 5.10 Å². The van der Waals surface area contributed by atoms with Crippen LogP contribution < -0.4 is 11.2 Å². The van der Waals surface area contributed by atoms with Crippen molar-refractivity contribution < 1.29 is 0 Å². The molecule has 0 saturated heterocycles. The van der Waals surface area contributed by atoms with Gasteiger partial charge in [-0.05, 0) is 30.4 Å². The van der Waals surface area contributed by atoms with Crippen LogP contribution >= 0.6 is 35.4 Å². The molecule has 4 nitrogen and oxygen atoms in total. The minimum Gasteiger partial charge on any atom is -0.375 e. The van der Waals surface area contributed by atoms with Crippen molar-refractivity contribution in [3.63, 3.8) is 0 Å². The van der Waals surface area contributed by atoms with Crippen LogP contribution in [0, 0.1) is 0 Å². The third-order valence-corrected chi connectivity index (χ3v) is 2.77. The van der Waals surface area contributed by atoms with Crippen molar-refractivity contribution in [2.45, 2.75) is 0 Å². The Morgan fingerprint density at radius 3 is 2.89 bits per heavy atom. The van der Waals surface area contributed by atoms with E-state index in [0.717, 1.165) is 10.9 Å². The first-order valence-electron chi connectivity index (χ1n) is 4.90. The molecule has 1 aromatic carbocycles. The summed E-state index contributed by atoms with van der Waals surface area (Å²) < 4.78 is 0. The van der Waals surface area contributed by atoms with E-state index in [0.29, 0.717) is 15.7 Å². The highest BCUT2D eigenvalue weighted by molar-refractivity contribution is 7.80. The van der Waals surface area contributed by atoms with Crippen LogP contribution in [-0.4, -0.2) is 16.3 Å². The van der Waals surface area contributed by atoms with Crippen molar-refractivity contribution >= 4 is 57.6 Å². The second kappa shape index (κ2) is 5.48. The Balaban J connectivity index is 2.40. The van der Waals surface area contributed by atoms with Crippen molar-refractivity contribution in [1.29, 1.82) is 0 Å². The average molecular weight is 299 g/mol. The zero-order chi connectivity index (χ0) is 13.1. The fourth-order valence-electron chi connectivity index (χ4n) is 1.39. The van der Waals surface area contributed by atoms with Crippen molar-refractivity contribution in [2.24, 2.45) is 10.8 Å². The molecular weight excluding hydrogens is 291 g/mol. The van der Waals surface area contributed by atoms with Gasteiger partial charge in [0.25, 0.3) is 0 Å². The van der Waals surface area contributed by atoms with Gasteiger partial charge in [-0.3, -0.25) is 5.43 Å². The Morgan fingerprint density at radius 2 is 2.17 bits per heavy atom. The van der Waals surface area contributed by atoms with Crippen LogP contribution in [0.5, 0.6) is 0 Å². The van der Waals surface area contributed by atoms with Gasteiger partial charge in [0.2, 0.25) is 0 Å². The van der Waals surface area contributed by atoms with Crippen LogP contribution in [0.4, 0.5) is 0 Å². The predicted molar refractivity (Wildman–Crippen MR) is 79.3 cm³/mol. The van der Waals surface area contributed by atoms with Gasteiger partial charge in [0.05, 0.1) is 11.7 Å². The topological polar surface area (TPSA) is 63.3 Å². The summed E-state index contributed by atoms with van der Waals surface area (Å²) >= 11 is 16.5. The first kappa shape index (κ1) is 13.0. The number of nitrogens with one attached hydrogen (secondary N) is 1. The highest BCUT2D eigenvalue weighted by atomic mass is 35.5. The molecule has 0 unspecified atom stereocenters. The van der Waals surface area contributed by atoms with Crippen LogP contribution in [0.3, 0.4) is 0 Å². The van der Waals surface area contributed by atoms with Gasteiger partial charge in [-0.15, -0.1) is 0 Å². The molecule has 1 heterocycles. The minimum absolute atomic E-state index is 0.0860. The number of hydrazone groups is 1. The summed E-state index contributed by atoms with van der Waals surface area (Å²) in [6, 6.07) is 7.25. The van der Waals surface area contributed by atoms with E-state index in [1.165, 1.54) is 6.21 Å². The summed E-state index contributed by atoms with van der Waals surface area (Å²) in [5.74, 6) is 0. The van der Waals surface area contributed by atoms with Gasteiger partial charge in [0.15, 0.2) is 5.11 Å². The molecule has 0 bridgehead atoms. The van der Waals surface area contributed by atoms with E-state index >= 15 is 0 Å². The van der Waals surface area contributed by atoms with E-state index in [9.17, 15) is 0 Å². The molecule has 18 heavy (non-hydrogen) atoms. The normalized spacial score (nSPS) is 11.0. The summed E-state index contributed by atoms with van der Waals surface area (Å²) in [5, 5.41) is 5.78. The van der Waals surface area contributed by atoms with E-state index < -0.39 is 0 Å². The zero-order valence-corrected chi connectivity index (χ0v) is 11.4. The molecule has 7 heteroatoms. The Morgan fingerprint density at radius 1 is 1.39 bits per heavy atom. The van der Waals surface area contributed by atoms with Crippen LogP contribution in [0.15, 0.2) is 29.4 Å². The fraction of sp³-hybridized carbons (Fsp3) is 0. The first-order valence-corrected chi connectivity index (χ1v) is 6.07. The van der Waals surface area contributed by atoms with Gasteiger partial charge < -0.3 is 5.73 Å². The molecule has 2 rings (SSSR count). The number of hydrogen-bond acceptors (Lipinski definition) is 3. The van der Waals surface area contributed by atoms with Crippen LogP contribution in [-0.2, 0) is 0 Å². The molecule has 0 amide bonds. The van der Waals surface area contributed by atoms with Gasteiger partial charge in [0, 0.05) is 16.0 Å². The van der Waals surface area contributed by atoms with Crippen molar-refractivity contribution in [3.8, 4) is 0 Å². The molecule has 0 spiro atoms. The lowest BCUT2D eigenvalue weighted by Gasteiger charge is -2.02. The first-order chi connectivity index (χ1) is 8.56. The fourth-order valence-corrected chi connectivity index (χ4v) is 1.80. The van der Waals surface area contributed by atoms with E-state index in [1.54, 1.807) is 12.1 Å². The summed E-state index contributed by atoms with van der Waals surface area (Å²) in [6.45, 7) is 0. The van der Waals surface area contributed by atoms with Crippen molar-refractivity contribution in [3.05, 3.63) is 40.0 Å². The Kier molecular flexibility index (Phi) is 3.96. The number of pyridine rings is 1. The van der Waals surface area contributed by atoms with E-state index in [-0.39, 0.29) is 5.11 Å². The molecule has 92 valence electrons. The smallest absolute Gasteiger partial charge is 0.184 e. The number of nitrogens with two attached hydrogens (primary N) is 1. The Labute approximate surface area is 119 Å². The van der Waals surface area contributed by atoms with E-state index in [1.807, 2.05) is 12.1 Å². The van der Waals surface area contributed by atoms with Gasteiger partial charge in [-0.25, -0.2) is 4.98 Å². The maximum Gasteiger partial charge on any atom is 0.184 e. The summed E-state index contributed by atoms with van der Waals surface area (Å²) in [5.41, 5.74) is 9.09. The zero-order valence-electron chi connectivity index (χ0n) is 9.02. The molecular formula is C11H8Cl2N4S. The summed E-state index contributed by atoms with van der Waals surface area (Å²) in [6.07, 6.45) is 1.50. The molecule has 0 atom stereocenters. The number of halogens is 2. The molecule has 0 radical (unpaired) electrons. The molecule has 1 aromatic heterocycles. The number of aromatic nitrogens is 1. The third kappa shape index (κ3) is 3.07. The molecule has 0 aliphatic carbocycles. The summed E-state index contributed by atoms with van der Waals surface area (Å²) in [4.78, 5) is 4.23. The Hall–Kier alpha value is -1.43. The maximum atomic E-state index is 6.03. The second-order valence-electron chi connectivity index (χ2n) is 3.44. The molecule has 0 aliphatic rings. The highest BCUT2D eigenvalue weighted by Crippen LogP contribution is 2.22. The predicted octanol–water partition coefficient (Wildman–Crippen LogP) is 2.71. The largest absolute Gasteiger partial charge is 0.375 e. The Bertz CT molecular complexity index is 642. The quantitative estimate of drug-likeness (QED) is 0.387. The standard InChI is InChI=1S/C11H8Cl2N4S/c12-8-2-1-6-3-7(5-15-17-11(14)18)10(13)16-9(6)4-8/h1-5H,(H3,14,17,18). The molecule has 0 aliphatic heterocycles. The van der Waals surface area contributed by atoms with Gasteiger partial charge in [-0.1, -0.05) is 29.3 Å². The number of nitrogens with zero attached hydrogens (tertiary/aromatic N) is 2. The minimum atomic E-state index is 0.0860. The number of hydrogen-bond donors (Lipinski definition) is 2. The number of fused-ring (bicyclic) bond motifs is 1. The number of benzene rings is 1. The second-order valence-corrected chi connectivity index (χ2v) is 4.67. The monoisotopic (exact) mass is 298 g/mol. The lowest BCUT2D eigenvalue weighted by atomic mass is 10.2. The van der Waals surface area contributed by atoms with Crippen LogP contribution in [0.25, 0.3) is 10.9 Å². The van der Waals surface area contributed by atoms with E-state index in [4.69, 9.17) is 28.9 Å². The molecule has 0 fully saturated rings. The molecule has 2 aromatic rings. The SMILES string of the molecule is NC(=S)NN=Cc1cc2ccc(Cl)cc2nc1Cl. The van der Waals surface area contributed by atoms with Crippen molar-refractivity contribution in [1.82, 2.24) is 10.4 Å². The maximum absolute atomic E-state index is 6.03. The lowest BCUT2D eigenvalue weighted by Crippen LogP contribution is -2.24. The van der Waals surface area contributed by atoms with Crippen LogP contribution in [0.1, 0.15) is 5.56 Å². The van der Waals surface area contributed by atoms with Gasteiger partial charge in [0.1, 0.15) is 5.15 Å². The van der Waals surface area contributed by atoms with Crippen LogP contribution in [0.2, 0.25) is 10.2 Å². The number of rotatable bonds is 2. The molecule has 3 N–H and O–H groups in total. The third-order valence-electron chi connectivity index (χ3n) is 2.14. The van der Waals surface area contributed by atoms with E-state index in [2.05, 4.69) is 27.7 Å². The van der Waals surface area contributed by atoms with Crippen molar-refractivity contribution in [2.75, 3.05) is 0 Å². The van der Waals surface area contributed by atoms with Gasteiger partial charge >= 0.3 is 0 Å². The lowest BCUT2D eigenvalue weighted by molar-refractivity contribution is 1.04.